The Labute approximate surface area is 93.7 Å². The van der Waals surface area contributed by atoms with Gasteiger partial charge in [0.1, 0.15) is 0 Å². The van der Waals surface area contributed by atoms with Crippen molar-refractivity contribution in [3.05, 3.63) is 11.1 Å². The third-order valence-corrected chi connectivity index (χ3v) is 3.92. The highest BCUT2D eigenvalue weighted by Gasteiger charge is 2.12. The van der Waals surface area contributed by atoms with Gasteiger partial charge in [-0.15, -0.1) is 11.3 Å². The second-order valence-corrected chi connectivity index (χ2v) is 4.99. The van der Waals surface area contributed by atoms with Crippen LogP contribution in [-0.4, -0.2) is 30.1 Å². The summed E-state index contributed by atoms with van der Waals surface area (Å²) in [5, 5.41) is 3.09. The second kappa shape index (κ2) is 5.58. The van der Waals surface area contributed by atoms with Gasteiger partial charge in [-0.25, -0.2) is 4.98 Å². The molecular weight excluding hydrogens is 214 g/mol. The molecule has 0 saturated heterocycles. The molecule has 1 aromatic heterocycles. The minimum absolute atomic E-state index is 0.516. The molecule has 5 heteroatoms. The highest BCUT2D eigenvalue weighted by atomic mass is 32.2. The molecule has 1 unspecified atom stereocenters. The fourth-order valence-corrected chi connectivity index (χ4v) is 2.71. The van der Waals surface area contributed by atoms with E-state index in [-0.39, 0.29) is 0 Å². The maximum absolute atomic E-state index is 5.52. The average molecular weight is 231 g/mol. The van der Waals surface area contributed by atoms with Gasteiger partial charge in [-0.2, -0.15) is 11.8 Å². The van der Waals surface area contributed by atoms with Gasteiger partial charge in [0.05, 0.1) is 5.69 Å². The monoisotopic (exact) mass is 231 g/mol. The molecule has 0 saturated carbocycles. The summed E-state index contributed by atoms with van der Waals surface area (Å²) in [5.74, 6) is 1.12. The molecule has 0 fully saturated rings. The van der Waals surface area contributed by atoms with Crippen LogP contribution < -0.4 is 10.6 Å². The van der Waals surface area contributed by atoms with Gasteiger partial charge in [0.25, 0.3) is 0 Å². The van der Waals surface area contributed by atoms with Gasteiger partial charge in [-0.05, 0) is 13.2 Å². The molecule has 0 aliphatic carbocycles. The molecule has 0 aliphatic rings. The fraction of sp³-hybridized carbons (Fsp3) is 0.667. The number of hydrogen-bond donors (Lipinski definition) is 1. The van der Waals surface area contributed by atoms with Crippen molar-refractivity contribution < 1.29 is 0 Å². The lowest BCUT2D eigenvalue weighted by atomic mass is 10.4. The Kier molecular flexibility index (Phi) is 4.71. The van der Waals surface area contributed by atoms with Crippen LogP contribution in [0.25, 0.3) is 0 Å². The van der Waals surface area contributed by atoms with Gasteiger partial charge < -0.3 is 10.6 Å². The van der Waals surface area contributed by atoms with Crippen molar-refractivity contribution in [3.8, 4) is 0 Å². The normalized spacial score (nSPS) is 12.9. The Morgan fingerprint density at radius 2 is 2.43 bits per heavy atom. The Morgan fingerprint density at radius 3 is 2.93 bits per heavy atom. The zero-order valence-corrected chi connectivity index (χ0v) is 10.5. The van der Waals surface area contributed by atoms with E-state index >= 15 is 0 Å². The van der Waals surface area contributed by atoms with Crippen molar-refractivity contribution in [2.45, 2.75) is 19.5 Å². The SMILES string of the molecule is CSCC(C)N(C)c1nc(CN)cs1. The molecule has 0 spiro atoms. The molecule has 0 bridgehead atoms. The summed E-state index contributed by atoms with van der Waals surface area (Å²) in [6, 6.07) is 0.516. The van der Waals surface area contributed by atoms with Gasteiger partial charge in [0, 0.05) is 30.8 Å². The highest BCUT2D eigenvalue weighted by molar-refractivity contribution is 7.98. The van der Waals surface area contributed by atoms with E-state index in [1.165, 1.54) is 0 Å². The van der Waals surface area contributed by atoms with Crippen LogP contribution in [0.3, 0.4) is 0 Å². The molecule has 0 aromatic carbocycles. The first-order chi connectivity index (χ1) is 6.69. The Morgan fingerprint density at radius 1 is 1.71 bits per heavy atom. The summed E-state index contributed by atoms with van der Waals surface area (Å²) in [6.45, 7) is 2.74. The van der Waals surface area contributed by atoms with E-state index in [9.17, 15) is 0 Å². The number of aromatic nitrogens is 1. The highest BCUT2D eigenvalue weighted by Crippen LogP contribution is 2.21. The van der Waals surface area contributed by atoms with Crippen LogP contribution in [0.2, 0.25) is 0 Å². The Bertz CT molecular complexity index is 275. The molecule has 1 heterocycles. The third-order valence-electron chi connectivity index (χ3n) is 2.12. The van der Waals surface area contributed by atoms with Gasteiger partial charge in [-0.3, -0.25) is 0 Å². The summed E-state index contributed by atoms with van der Waals surface area (Å²) in [4.78, 5) is 6.65. The summed E-state index contributed by atoms with van der Waals surface area (Å²) in [7, 11) is 2.08. The van der Waals surface area contributed by atoms with Crippen LogP contribution in [0.15, 0.2) is 5.38 Å². The molecule has 80 valence electrons. The van der Waals surface area contributed by atoms with E-state index in [1.54, 1.807) is 11.3 Å². The van der Waals surface area contributed by atoms with Crippen molar-refractivity contribution in [3.63, 3.8) is 0 Å². The summed E-state index contributed by atoms with van der Waals surface area (Å²) in [6.07, 6.45) is 2.12. The number of nitrogens with zero attached hydrogens (tertiary/aromatic N) is 2. The van der Waals surface area contributed by atoms with Crippen molar-refractivity contribution in [1.82, 2.24) is 4.98 Å². The van der Waals surface area contributed by atoms with Crippen LogP contribution in [-0.2, 0) is 6.54 Å². The van der Waals surface area contributed by atoms with E-state index in [0.29, 0.717) is 12.6 Å². The van der Waals surface area contributed by atoms with Gasteiger partial charge in [0.2, 0.25) is 0 Å². The third kappa shape index (κ3) is 2.87. The standard InChI is InChI=1S/C9H17N3S2/c1-7(5-13-3)12(2)9-11-8(4-10)6-14-9/h6-7H,4-5,10H2,1-3H3. The van der Waals surface area contributed by atoms with E-state index in [0.717, 1.165) is 16.6 Å². The molecule has 1 aromatic rings. The van der Waals surface area contributed by atoms with Gasteiger partial charge in [-0.1, -0.05) is 0 Å². The predicted molar refractivity (Wildman–Crippen MR) is 66.3 cm³/mol. The Hall–Kier alpha value is -0.260. The van der Waals surface area contributed by atoms with Crippen LogP contribution in [0.1, 0.15) is 12.6 Å². The molecule has 1 rings (SSSR count). The number of thioether (sulfide) groups is 1. The van der Waals surface area contributed by atoms with Gasteiger partial charge >= 0.3 is 0 Å². The number of rotatable bonds is 5. The molecule has 0 radical (unpaired) electrons. The topological polar surface area (TPSA) is 42.2 Å². The van der Waals surface area contributed by atoms with Gasteiger partial charge in [0.15, 0.2) is 5.13 Å². The van der Waals surface area contributed by atoms with E-state index < -0.39 is 0 Å². The van der Waals surface area contributed by atoms with Crippen LogP contribution in [0.4, 0.5) is 5.13 Å². The lowest BCUT2D eigenvalue weighted by molar-refractivity contribution is 0.759. The second-order valence-electron chi connectivity index (χ2n) is 3.24. The van der Waals surface area contributed by atoms with Crippen molar-refractivity contribution in [1.29, 1.82) is 0 Å². The van der Waals surface area contributed by atoms with Crippen molar-refractivity contribution >= 4 is 28.2 Å². The molecule has 0 amide bonds. The summed E-state index contributed by atoms with van der Waals surface area (Å²) >= 11 is 3.52. The zero-order valence-electron chi connectivity index (χ0n) is 8.86. The number of anilines is 1. The smallest absolute Gasteiger partial charge is 0.185 e. The van der Waals surface area contributed by atoms with E-state index in [2.05, 4.69) is 30.1 Å². The maximum Gasteiger partial charge on any atom is 0.185 e. The first kappa shape index (κ1) is 11.8. The van der Waals surface area contributed by atoms with Crippen molar-refractivity contribution in [2.75, 3.05) is 24.0 Å². The van der Waals surface area contributed by atoms with Crippen LogP contribution >= 0.6 is 23.1 Å². The lowest BCUT2D eigenvalue weighted by Crippen LogP contribution is -2.30. The first-order valence-corrected chi connectivity index (χ1v) is 6.82. The minimum atomic E-state index is 0.516. The molecule has 2 N–H and O–H groups in total. The molecule has 1 atom stereocenters. The van der Waals surface area contributed by atoms with Crippen molar-refractivity contribution in [2.24, 2.45) is 5.73 Å². The van der Waals surface area contributed by atoms with Crippen LogP contribution in [0.5, 0.6) is 0 Å². The van der Waals surface area contributed by atoms with Crippen LogP contribution in [0, 0.1) is 0 Å². The van der Waals surface area contributed by atoms with E-state index in [1.807, 2.05) is 17.1 Å². The largest absolute Gasteiger partial charge is 0.348 e. The minimum Gasteiger partial charge on any atom is -0.348 e. The number of hydrogen-bond acceptors (Lipinski definition) is 5. The number of thiazole rings is 1. The number of nitrogens with two attached hydrogens (primary N) is 1. The fourth-order valence-electron chi connectivity index (χ4n) is 1.09. The summed E-state index contributed by atoms with van der Waals surface area (Å²) in [5.41, 5.74) is 6.50. The average Bonchev–Trinajstić information content (AvgIpc) is 2.65. The lowest BCUT2D eigenvalue weighted by Gasteiger charge is -2.23. The molecule has 14 heavy (non-hydrogen) atoms. The first-order valence-electron chi connectivity index (χ1n) is 4.55. The molecule has 3 nitrogen and oxygen atoms in total. The Balaban J connectivity index is 2.63. The quantitative estimate of drug-likeness (QED) is 0.839. The maximum atomic E-state index is 5.52. The van der Waals surface area contributed by atoms with E-state index in [4.69, 9.17) is 5.73 Å². The zero-order chi connectivity index (χ0) is 10.6. The molecular formula is C9H17N3S2. The summed E-state index contributed by atoms with van der Waals surface area (Å²) < 4.78 is 0. The molecule has 0 aliphatic heterocycles. The predicted octanol–water partition coefficient (Wildman–Crippen LogP) is 1.79.